The Morgan fingerprint density at radius 3 is 2.58 bits per heavy atom. The van der Waals surface area contributed by atoms with Crippen LogP contribution in [0, 0.1) is 0 Å². The Kier molecular flexibility index (Phi) is 5.91. The van der Waals surface area contributed by atoms with Crippen LogP contribution in [0.15, 0.2) is 33.7 Å². The minimum Gasteiger partial charge on any atom is -0.451 e. The Hall–Kier alpha value is -1.47. The van der Waals surface area contributed by atoms with Gasteiger partial charge in [-0.3, -0.25) is 4.79 Å². The van der Waals surface area contributed by atoms with Crippen LogP contribution in [0.25, 0.3) is 0 Å². The molecule has 7 heteroatoms. The van der Waals surface area contributed by atoms with Gasteiger partial charge in [0.05, 0.1) is 10.0 Å². The third-order valence-electron chi connectivity index (χ3n) is 1.88. The van der Waals surface area contributed by atoms with Crippen LogP contribution in [0.4, 0.5) is 0 Å². The summed E-state index contributed by atoms with van der Waals surface area (Å²) in [6.07, 6.45) is 1.48. The number of halogens is 2. The van der Waals surface area contributed by atoms with Gasteiger partial charge in [0.15, 0.2) is 18.6 Å². The Balaban J connectivity index is 2.82. The Labute approximate surface area is 125 Å². The zero-order valence-corrected chi connectivity index (χ0v) is 12.7. The average molecular weight is 392 g/mol. The van der Waals surface area contributed by atoms with Gasteiger partial charge >= 0.3 is 11.9 Å². The first kappa shape index (κ1) is 15.6. The summed E-state index contributed by atoms with van der Waals surface area (Å²) >= 11 is 6.37. The van der Waals surface area contributed by atoms with Crippen molar-refractivity contribution in [2.24, 2.45) is 0 Å². The van der Waals surface area contributed by atoms with Gasteiger partial charge in [-0.2, -0.15) is 0 Å². The Bertz CT molecular complexity index is 539. The quantitative estimate of drug-likeness (QED) is 0.334. The fourth-order valence-electron chi connectivity index (χ4n) is 1.11. The molecule has 0 fully saturated rings. The van der Waals surface area contributed by atoms with E-state index in [1.165, 1.54) is 6.07 Å². The van der Waals surface area contributed by atoms with Gasteiger partial charge in [-0.1, -0.05) is 22.5 Å². The summed E-state index contributed by atoms with van der Waals surface area (Å²) in [5, 5.41) is 0. The van der Waals surface area contributed by atoms with Gasteiger partial charge in [0.2, 0.25) is 0 Å². The molecule has 0 aliphatic rings. The van der Waals surface area contributed by atoms with Crippen LogP contribution in [0.2, 0.25) is 0 Å². The molecule has 100 valence electrons. The van der Waals surface area contributed by atoms with Gasteiger partial charge in [0, 0.05) is 10.5 Å². The Morgan fingerprint density at radius 1 is 1.32 bits per heavy atom. The number of rotatable bonds is 5. The maximum Gasteiger partial charge on any atom is 0.349 e. The Morgan fingerprint density at radius 2 is 2.00 bits per heavy atom. The van der Waals surface area contributed by atoms with E-state index < -0.39 is 18.5 Å². The highest BCUT2D eigenvalue weighted by molar-refractivity contribution is 9.11. The van der Waals surface area contributed by atoms with E-state index in [9.17, 15) is 14.4 Å². The molecule has 0 aliphatic heterocycles. The summed E-state index contributed by atoms with van der Waals surface area (Å²) in [5.41, 5.74) is 0.185. The second-order valence-corrected chi connectivity index (χ2v) is 4.98. The van der Waals surface area contributed by atoms with Crippen LogP contribution >= 0.6 is 31.9 Å². The van der Waals surface area contributed by atoms with Gasteiger partial charge in [-0.15, -0.1) is 0 Å². The van der Waals surface area contributed by atoms with Crippen molar-refractivity contribution in [3.8, 4) is 5.75 Å². The molecule has 1 aromatic rings. The normalized spacial score (nSPS) is 9.58. The van der Waals surface area contributed by atoms with Crippen LogP contribution in [0.1, 0.15) is 10.4 Å². The monoisotopic (exact) mass is 390 g/mol. The van der Waals surface area contributed by atoms with Crippen molar-refractivity contribution < 1.29 is 23.9 Å². The lowest BCUT2D eigenvalue weighted by Crippen LogP contribution is -2.18. The summed E-state index contributed by atoms with van der Waals surface area (Å²) < 4.78 is 10.6. The third-order valence-corrected chi connectivity index (χ3v) is 2.93. The van der Waals surface area contributed by atoms with E-state index >= 15 is 0 Å². The van der Waals surface area contributed by atoms with Gasteiger partial charge in [-0.05, 0) is 28.1 Å². The first-order chi connectivity index (χ1) is 8.97. The molecule has 0 unspecified atom stereocenters. The molecule has 0 radical (unpaired) electrons. The first-order valence-corrected chi connectivity index (χ1v) is 6.50. The lowest BCUT2D eigenvalue weighted by molar-refractivity contribution is -0.150. The van der Waals surface area contributed by atoms with E-state index in [2.05, 4.69) is 43.2 Å². The molecular weight excluding hydrogens is 384 g/mol. The topological polar surface area (TPSA) is 69.7 Å². The van der Waals surface area contributed by atoms with E-state index in [0.29, 0.717) is 15.2 Å². The highest BCUT2D eigenvalue weighted by Crippen LogP contribution is 2.32. The predicted molar refractivity (Wildman–Crippen MR) is 74.0 cm³/mol. The summed E-state index contributed by atoms with van der Waals surface area (Å²) in [5.74, 6) is -1.47. The van der Waals surface area contributed by atoms with Crippen LogP contribution in [0.3, 0.4) is 0 Å². The van der Waals surface area contributed by atoms with Crippen LogP contribution < -0.4 is 4.74 Å². The average Bonchev–Trinajstić information content (AvgIpc) is 2.38. The summed E-state index contributed by atoms with van der Waals surface area (Å²) in [4.78, 5) is 33.1. The summed E-state index contributed by atoms with van der Waals surface area (Å²) in [7, 11) is 0. The number of hydrogen-bond donors (Lipinski definition) is 0. The summed E-state index contributed by atoms with van der Waals surface area (Å²) in [6, 6.07) is 3.11. The predicted octanol–water partition coefficient (Wildman–Crippen LogP) is 2.66. The molecule has 1 rings (SSSR count). The smallest absolute Gasteiger partial charge is 0.349 e. The van der Waals surface area contributed by atoms with Gasteiger partial charge in [0.25, 0.3) is 0 Å². The molecule has 0 spiro atoms. The molecule has 0 atom stereocenters. The zero-order valence-electron chi connectivity index (χ0n) is 9.52. The van der Waals surface area contributed by atoms with E-state index in [1.807, 2.05) is 0 Å². The van der Waals surface area contributed by atoms with Crippen molar-refractivity contribution in [3.05, 3.63) is 39.3 Å². The van der Waals surface area contributed by atoms with E-state index in [0.717, 1.165) is 6.08 Å². The number of esters is 2. The molecule has 0 saturated heterocycles. The molecule has 0 bridgehead atoms. The van der Waals surface area contributed by atoms with Crippen molar-refractivity contribution >= 4 is 50.1 Å². The van der Waals surface area contributed by atoms with Crippen molar-refractivity contribution in [2.75, 3.05) is 6.61 Å². The molecule has 0 aliphatic carbocycles. The third kappa shape index (κ3) is 4.60. The van der Waals surface area contributed by atoms with Crippen LogP contribution in [-0.4, -0.2) is 24.8 Å². The molecule has 5 nitrogen and oxygen atoms in total. The van der Waals surface area contributed by atoms with Gasteiger partial charge < -0.3 is 9.47 Å². The van der Waals surface area contributed by atoms with E-state index in [1.54, 1.807) is 6.07 Å². The van der Waals surface area contributed by atoms with Gasteiger partial charge in [-0.25, -0.2) is 9.59 Å². The zero-order chi connectivity index (χ0) is 14.4. The second kappa shape index (κ2) is 7.20. The number of carbonyl (C=O) groups is 3. The SMILES string of the molecule is C=CC(=O)OCC(=O)Oc1c(Br)cc(Br)cc1C=O. The van der Waals surface area contributed by atoms with E-state index in [4.69, 9.17) is 4.74 Å². The van der Waals surface area contributed by atoms with Crippen LogP contribution in [0.5, 0.6) is 5.75 Å². The molecular formula is C12H8Br2O5. The highest BCUT2D eigenvalue weighted by Gasteiger charge is 2.15. The standard InChI is InChI=1S/C12H8Br2O5/c1-2-10(16)18-6-11(17)19-12-7(5-15)3-8(13)4-9(12)14/h2-5H,1,6H2. The minimum absolute atomic E-state index is 0.0675. The summed E-state index contributed by atoms with van der Waals surface area (Å²) in [6.45, 7) is 2.62. The molecule has 0 heterocycles. The molecule has 0 amide bonds. The number of benzene rings is 1. The number of hydrogen-bond acceptors (Lipinski definition) is 5. The number of aldehydes is 1. The second-order valence-electron chi connectivity index (χ2n) is 3.21. The maximum atomic E-state index is 11.5. The van der Waals surface area contributed by atoms with Crippen LogP contribution in [-0.2, 0) is 14.3 Å². The number of ether oxygens (including phenoxy) is 2. The molecule has 0 N–H and O–H groups in total. The number of carbonyl (C=O) groups excluding carboxylic acids is 3. The lowest BCUT2D eigenvalue weighted by atomic mass is 10.2. The van der Waals surface area contributed by atoms with Crippen molar-refractivity contribution in [1.29, 1.82) is 0 Å². The molecule has 1 aromatic carbocycles. The molecule has 0 saturated carbocycles. The largest absolute Gasteiger partial charge is 0.451 e. The fraction of sp³-hybridized carbons (Fsp3) is 0.0833. The fourth-order valence-corrected chi connectivity index (χ4v) is 2.45. The van der Waals surface area contributed by atoms with Crippen molar-refractivity contribution in [2.45, 2.75) is 0 Å². The lowest BCUT2D eigenvalue weighted by Gasteiger charge is -2.09. The molecule has 0 aromatic heterocycles. The highest BCUT2D eigenvalue weighted by atomic mass is 79.9. The van der Waals surface area contributed by atoms with Gasteiger partial charge in [0.1, 0.15) is 0 Å². The van der Waals surface area contributed by atoms with Crippen molar-refractivity contribution in [1.82, 2.24) is 0 Å². The first-order valence-electron chi connectivity index (χ1n) is 4.92. The van der Waals surface area contributed by atoms with E-state index in [-0.39, 0.29) is 11.3 Å². The molecule has 19 heavy (non-hydrogen) atoms. The van der Waals surface area contributed by atoms with Crippen molar-refractivity contribution in [3.63, 3.8) is 0 Å². The maximum absolute atomic E-state index is 11.5. The minimum atomic E-state index is -0.804.